The second kappa shape index (κ2) is 8.41. The van der Waals surface area contributed by atoms with E-state index in [1.165, 1.54) is 11.3 Å². The van der Waals surface area contributed by atoms with Crippen molar-refractivity contribution >= 4 is 17.3 Å². The Morgan fingerprint density at radius 3 is 2.47 bits per heavy atom. The average molecular weight is 284 g/mol. The highest BCUT2D eigenvalue weighted by Crippen LogP contribution is 2.25. The molecule has 0 heterocycles. The van der Waals surface area contributed by atoms with Gasteiger partial charge < -0.3 is 15.1 Å². The zero-order valence-corrected chi connectivity index (χ0v) is 13.3. The van der Waals surface area contributed by atoms with Crippen LogP contribution in [-0.2, 0) is 6.54 Å². The first-order valence-electron chi connectivity index (χ1n) is 6.91. The number of nitrogens with zero attached hydrogens (tertiary/aromatic N) is 2. The molecule has 0 aliphatic rings. The molecule has 0 aromatic heterocycles. The SMILES string of the molecule is CCCN(CCN(C)C)c1cc(Cl)ccc1CNC. The molecule has 1 aromatic rings. The number of likely N-dealkylation sites (N-methyl/N-ethyl adjacent to an activating group) is 1. The maximum absolute atomic E-state index is 6.17. The number of halogens is 1. The van der Waals surface area contributed by atoms with Gasteiger partial charge in [0.2, 0.25) is 0 Å². The minimum atomic E-state index is 0.806. The van der Waals surface area contributed by atoms with Crippen LogP contribution >= 0.6 is 11.6 Å². The molecular weight excluding hydrogens is 258 g/mol. The zero-order chi connectivity index (χ0) is 14.3. The van der Waals surface area contributed by atoms with E-state index >= 15 is 0 Å². The smallest absolute Gasteiger partial charge is 0.0427 e. The van der Waals surface area contributed by atoms with Crippen LogP contribution in [0.1, 0.15) is 18.9 Å². The normalized spacial score (nSPS) is 11.1. The van der Waals surface area contributed by atoms with Gasteiger partial charge in [0.15, 0.2) is 0 Å². The summed E-state index contributed by atoms with van der Waals surface area (Å²) in [6, 6.07) is 6.17. The molecule has 0 aliphatic carbocycles. The van der Waals surface area contributed by atoms with Crippen LogP contribution in [0, 0.1) is 0 Å². The summed E-state index contributed by atoms with van der Waals surface area (Å²) >= 11 is 6.17. The molecule has 1 N–H and O–H groups in total. The Morgan fingerprint density at radius 2 is 1.89 bits per heavy atom. The first-order valence-corrected chi connectivity index (χ1v) is 7.29. The van der Waals surface area contributed by atoms with E-state index < -0.39 is 0 Å². The molecule has 0 aliphatic heterocycles. The van der Waals surface area contributed by atoms with Gasteiger partial charge in [-0.1, -0.05) is 24.6 Å². The quantitative estimate of drug-likeness (QED) is 0.791. The summed E-state index contributed by atoms with van der Waals surface area (Å²) in [5.41, 5.74) is 2.56. The average Bonchev–Trinajstić information content (AvgIpc) is 2.37. The second-order valence-corrected chi connectivity index (χ2v) is 5.53. The van der Waals surface area contributed by atoms with Crippen LogP contribution in [-0.4, -0.2) is 45.7 Å². The van der Waals surface area contributed by atoms with Crippen LogP contribution in [0.4, 0.5) is 5.69 Å². The van der Waals surface area contributed by atoms with Crippen LogP contribution < -0.4 is 10.2 Å². The van der Waals surface area contributed by atoms with Crippen molar-refractivity contribution in [2.75, 3.05) is 45.7 Å². The van der Waals surface area contributed by atoms with Crippen molar-refractivity contribution in [1.29, 1.82) is 0 Å². The lowest BCUT2D eigenvalue weighted by Crippen LogP contribution is -2.33. The monoisotopic (exact) mass is 283 g/mol. The maximum atomic E-state index is 6.17. The highest BCUT2D eigenvalue weighted by atomic mass is 35.5. The highest BCUT2D eigenvalue weighted by molar-refractivity contribution is 6.30. The summed E-state index contributed by atoms with van der Waals surface area (Å²) in [6.45, 7) is 6.22. The second-order valence-electron chi connectivity index (χ2n) is 5.09. The van der Waals surface area contributed by atoms with E-state index in [9.17, 15) is 0 Å². The lowest BCUT2D eigenvalue weighted by molar-refractivity contribution is 0.412. The lowest BCUT2D eigenvalue weighted by atomic mass is 10.1. The number of nitrogens with one attached hydrogen (secondary N) is 1. The van der Waals surface area contributed by atoms with Crippen LogP contribution in [0.15, 0.2) is 18.2 Å². The summed E-state index contributed by atoms with van der Waals surface area (Å²) in [5.74, 6) is 0. The molecule has 3 nitrogen and oxygen atoms in total. The molecule has 19 heavy (non-hydrogen) atoms. The molecule has 0 fully saturated rings. The van der Waals surface area contributed by atoms with Gasteiger partial charge in [0.25, 0.3) is 0 Å². The van der Waals surface area contributed by atoms with E-state index in [2.05, 4.69) is 48.3 Å². The third-order valence-corrected chi connectivity index (χ3v) is 3.30. The zero-order valence-electron chi connectivity index (χ0n) is 12.5. The highest BCUT2D eigenvalue weighted by Gasteiger charge is 2.11. The summed E-state index contributed by atoms with van der Waals surface area (Å²) < 4.78 is 0. The number of benzene rings is 1. The van der Waals surface area contributed by atoms with Crippen molar-refractivity contribution in [2.45, 2.75) is 19.9 Å². The predicted octanol–water partition coefficient (Wildman–Crippen LogP) is 2.84. The van der Waals surface area contributed by atoms with Gasteiger partial charge in [-0.3, -0.25) is 0 Å². The van der Waals surface area contributed by atoms with E-state index in [-0.39, 0.29) is 0 Å². The summed E-state index contributed by atoms with van der Waals surface area (Å²) in [7, 11) is 6.19. The molecule has 0 saturated carbocycles. The van der Waals surface area contributed by atoms with Gasteiger partial charge in [-0.2, -0.15) is 0 Å². The third-order valence-electron chi connectivity index (χ3n) is 3.07. The predicted molar refractivity (Wildman–Crippen MR) is 85.3 cm³/mol. The van der Waals surface area contributed by atoms with Gasteiger partial charge in [-0.05, 0) is 45.3 Å². The summed E-state index contributed by atoms with van der Waals surface area (Å²) in [5, 5.41) is 4.03. The van der Waals surface area contributed by atoms with Crippen molar-refractivity contribution in [3.63, 3.8) is 0 Å². The van der Waals surface area contributed by atoms with Crippen LogP contribution in [0.2, 0.25) is 5.02 Å². The van der Waals surface area contributed by atoms with Gasteiger partial charge in [0, 0.05) is 36.9 Å². The Hall–Kier alpha value is -0.770. The van der Waals surface area contributed by atoms with Gasteiger partial charge in [0.1, 0.15) is 0 Å². The van der Waals surface area contributed by atoms with Gasteiger partial charge >= 0.3 is 0 Å². The molecule has 0 atom stereocenters. The lowest BCUT2D eigenvalue weighted by Gasteiger charge is -2.28. The summed E-state index contributed by atoms with van der Waals surface area (Å²) in [4.78, 5) is 4.64. The number of hydrogen-bond acceptors (Lipinski definition) is 3. The van der Waals surface area contributed by atoms with E-state index in [1.807, 2.05) is 13.1 Å². The van der Waals surface area contributed by atoms with Gasteiger partial charge in [-0.15, -0.1) is 0 Å². The topological polar surface area (TPSA) is 18.5 Å². The molecule has 1 aromatic carbocycles. The van der Waals surface area contributed by atoms with Crippen molar-refractivity contribution in [2.24, 2.45) is 0 Å². The minimum Gasteiger partial charge on any atom is -0.370 e. The molecule has 0 saturated heterocycles. The van der Waals surface area contributed by atoms with Crippen molar-refractivity contribution < 1.29 is 0 Å². The minimum absolute atomic E-state index is 0.806. The van der Waals surface area contributed by atoms with Crippen molar-refractivity contribution in [1.82, 2.24) is 10.2 Å². The third kappa shape index (κ3) is 5.39. The Balaban J connectivity index is 2.94. The molecule has 4 heteroatoms. The van der Waals surface area contributed by atoms with E-state index in [4.69, 9.17) is 11.6 Å². The Kier molecular flexibility index (Phi) is 7.21. The molecular formula is C15H26ClN3. The Morgan fingerprint density at radius 1 is 1.16 bits per heavy atom. The van der Waals surface area contributed by atoms with Crippen molar-refractivity contribution in [3.05, 3.63) is 28.8 Å². The molecule has 0 radical (unpaired) electrons. The molecule has 0 unspecified atom stereocenters. The fraction of sp³-hybridized carbons (Fsp3) is 0.600. The molecule has 108 valence electrons. The summed E-state index contributed by atoms with van der Waals surface area (Å²) in [6.07, 6.45) is 1.14. The maximum Gasteiger partial charge on any atom is 0.0427 e. The van der Waals surface area contributed by atoms with Gasteiger partial charge in [-0.25, -0.2) is 0 Å². The fourth-order valence-corrected chi connectivity index (χ4v) is 2.28. The molecule has 0 bridgehead atoms. The number of anilines is 1. The molecule has 0 spiro atoms. The standard InChI is InChI=1S/C15H26ClN3/c1-5-8-19(10-9-18(3)4)15-11-14(16)7-6-13(15)12-17-2/h6-7,11,17H,5,8-10,12H2,1-4H3. The first kappa shape index (κ1) is 16.3. The molecule has 1 rings (SSSR count). The number of rotatable bonds is 8. The van der Waals surface area contributed by atoms with E-state index in [1.54, 1.807) is 0 Å². The Bertz CT molecular complexity index is 380. The fourth-order valence-electron chi connectivity index (χ4n) is 2.11. The first-order chi connectivity index (χ1) is 9.08. The van der Waals surface area contributed by atoms with Gasteiger partial charge in [0.05, 0.1) is 0 Å². The van der Waals surface area contributed by atoms with Crippen molar-refractivity contribution in [3.8, 4) is 0 Å². The molecule has 0 amide bonds. The largest absolute Gasteiger partial charge is 0.370 e. The van der Waals surface area contributed by atoms with Crippen LogP contribution in [0.5, 0.6) is 0 Å². The number of hydrogen-bond donors (Lipinski definition) is 1. The van der Waals surface area contributed by atoms with Crippen LogP contribution in [0.25, 0.3) is 0 Å². The Labute approximate surface area is 122 Å². The van der Waals surface area contributed by atoms with E-state index in [0.717, 1.165) is 37.6 Å². The van der Waals surface area contributed by atoms with E-state index in [0.29, 0.717) is 0 Å². The van der Waals surface area contributed by atoms with Crippen LogP contribution in [0.3, 0.4) is 0 Å².